The second kappa shape index (κ2) is 6.00. The van der Waals surface area contributed by atoms with Gasteiger partial charge in [-0.2, -0.15) is 0 Å². The van der Waals surface area contributed by atoms with Crippen molar-refractivity contribution in [3.63, 3.8) is 0 Å². The molecule has 0 saturated carbocycles. The van der Waals surface area contributed by atoms with Gasteiger partial charge in [-0.15, -0.1) is 0 Å². The van der Waals surface area contributed by atoms with Gasteiger partial charge in [0.1, 0.15) is 18.0 Å². The van der Waals surface area contributed by atoms with Gasteiger partial charge >= 0.3 is 6.09 Å². The third kappa shape index (κ3) is 3.85. The Balaban J connectivity index is 1.90. The van der Waals surface area contributed by atoms with Crippen molar-refractivity contribution in [1.29, 1.82) is 0 Å². The largest absolute Gasteiger partial charge is 0.501 e. The molecule has 0 spiro atoms. The van der Waals surface area contributed by atoms with Crippen LogP contribution in [-0.2, 0) is 4.74 Å². The van der Waals surface area contributed by atoms with E-state index in [1.807, 2.05) is 20.8 Å². The molecule has 1 amide bonds. The lowest BCUT2D eigenvalue weighted by Crippen LogP contribution is -2.55. The highest BCUT2D eigenvalue weighted by Gasteiger charge is 2.35. The second-order valence-electron chi connectivity index (χ2n) is 5.88. The molecular formula is C15H19N3O3. The number of amides is 1. The van der Waals surface area contributed by atoms with Crippen molar-refractivity contribution < 1.29 is 14.3 Å². The maximum absolute atomic E-state index is 12.0. The number of pyridine rings is 1. The zero-order chi connectivity index (χ0) is 15.5. The van der Waals surface area contributed by atoms with Crippen LogP contribution in [0.15, 0.2) is 18.5 Å². The molecule has 1 saturated heterocycles. The molecule has 21 heavy (non-hydrogen) atoms. The van der Waals surface area contributed by atoms with Crippen molar-refractivity contribution in [3.05, 3.63) is 29.9 Å². The van der Waals surface area contributed by atoms with Crippen molar-refractivity contribution >= 4 is 11.8 Å². The Hall–Kier alpha value is -2.29. The number of hydrogen-bond acceptors (Lipinski definition) is 4. The number of aromatic nitrogens is 1. The molecule has 0 unspecified atom stereocenters. The van der Waals surface area contributed by atoms with Gasteiger partial charge in [0.05, 0.1) is 18.8 Å². The van der Waals surface area contributed by atoms with Crippen LogP contribution in [0.3, 0.4) is 0 Å². The minimum absolute atomic E-state index is 0.0151. The minimum atomic E-state index is -0.501. The van der Waals surface area contributed by atoms with Crippen LogP contribution in [0.25, 0.3) is 4.85 Å². The molecular weight excluding hydrogens is 270 g/mol. The van der Waals surface area contributed by atoms with E-state index in [0.717, 1.165) is 6.42 Å². The summed E-state index contributed by atoms with van der Waals surface area (Å²) in [7, 11) is 0. The molecule has 1 aromatic heterocycles. The monoisotopic (exact) mass is 289 g/mol. The number of nitrogens with zero attached hydrogens (tertiary/aromatic N) is 3. The summed E-state index contributed by atoms with van der Waals surface area (Å²) < 4.78 is 11.0. The Bertz CT molecular complexity index is 560. The van der Waals surface area contributed by atoms with Gasteiger partial charge in [-0.25, -0.2) is 9.64 Å². The lowest BCUT2D eigenvalue weighted by molar-refractivity contribution is -0.0141. The van der Waals surface area contributed by atoms with Gasteiger partial charge in [0.15, 0.2) is 0 Å². The van der Waals surface area contributed by atoms with Gasteiger partial charge in [0, 0.05) is 12.7 Å². The Morgan fingerprint density at radius 2 is 2.33 bits per heavy atom. The van der Waals surface area contributed by atoms with Crippen LogP contribution in [0.4, 0.5) is 10.5 Å². The van der Waals surface area contributed by atoms with Gasteiger partial charge in [0.25, 0.3) is 0 Å². The Kier molecular flexibility index (Phi) is 4.32. The van der Waals surface area contributed by atoms with Crippen LogP contribution < -0.4 is 4.74 Å². The number of carbonyl (C=O) groups excluding carboxylic acids is 1. The standard InChI is InChI=1S/C15H19N3O3/c1-15(2,3)21-14(19)18-8-6-11(18)10-20-13-9-17-7-5-12(13)16-4/h5,7,9,11H,6,8,10H2,1-3H3/t11-/m1/s1. The van der Waals surface area contributed by atoms with E-state index in [-0.39, 0.29) is 12.1 Å². The Morgan fingerprint density at radius 3 is 2.90 bits per heavy atom. The van der Waals surface area contributed by atoms with Crippen molar-refractivity contribution in [2.24, 2.45) is 0 Å². The fourth-order valence-electron chi connectivity index (χ4n) is 1.94. The Morgan fingerprint density at radius 1 is 1.57 bits per heavy atom. The van der Waals surface area contributed by atoms with E-state index in [4.69, 9.17) is 16.0 Å². The van der Waals surface area contributed by atoms with Crippen LogP contribution in [0.5, 0.6) is 5.75 Å². The van der Waals surface area contributed by atoms with Gasteiger partial charge < -0.3 is 14.4 Å². The van der Waals surface area contributed by atoms with E-state index in [9.17, 15) is 4.79 Å². The quantitative estimate of drug-likeness (QED) is 0.803. The fourth-order valence-corrected chi connectivity index (χ4v) is 1.94. The summed E-state index contributed by atoms with van der Waals surface area (Å²) in [6.07, 6.45) is 3.62. The van der Waals surface area contributed by atoms with Gasteiger partial charge in [-0.1, -0.05) is 0 Å². The highest BCUT2D eigenvalue weighted by Crippen LogP contribution is 2.27. The number of likely N-dealkylation sites (tertiary alicyclic amines) is 1. The summed E-state index contributed by atoms with van der Waals surface area (Å²) in [5.41, 5.74) is -0.0771. The first-order valence-corrected chi connectivity index (χ1v) is 6.84. The van der Waals surface area contributed by atoms with Crippen LogP contribution >= 0.6 is 0 Å². The van der Waals surface area contributed by atoms with Gasteiger partial charge in [-0.05, 0) is 33.3 Å². The highest BCUT2D eigenvalue weighted by molar-refractivity contribution is 5.69. The van der Waals surface area contributed by atoms with Gasteiger partial charge in [-0.3, -0.25) is 4.98 Å². The lowest BCUT2D eigenvalue weighted by Gasteiger charge is -2.41. The van der Waals surface area contributed by atoms with Crippen LogP contribution in [0.2, 0.25) is 0 Å². The Labute approximate surface area is 124 Å². The van der Waals surface area contributed by atoms with Crippen molar-refractivity contribution in [2.75, 3.05) is 13.2 Å². The summed E-state index contributed by atoms with van der Waals surface area (Å²) >= 11 is 0. The third-order valence-corrected chi connectivity index (χ3v) is 3.09. The number of ether oxygens (including phenoxy) is 2. The summed E-state index contributed by atoms with van der Waals surface area (Å²) in [5.74, 6) is 0.448. The number of carbonyl (C=O) groups is 1. The molecule has 2 rings (SSSR count). The zero-order valence-electron chi connectivity index (χ0n) is 12.5. The lowest BCUT2D eigenvalue weighted by atomic mass is 10.1. The molecule has 0 radical (unpaired) electrons. The minimum Gasteiger partial charge on any atom is -0.501 e. The van der Waals surface area contributed by atoms with Crippen LogP contribution in [-0.4, -0.2) is 40.8 Å². The maximum atomic E-state index is 12.0. The predicted octanol–water partition coefficient (Wildman–Crippen LogP) is 3.02. The molecule has 6 heteroatoms. The first-order valence-electron chi connectivity index (χ1n) is 6.84. The summed E-state index contributed by atoms with van der Waals surface area (Å²) in [6, 6.07) is 1.59. The normalized spacial score (nSPS) is 17.6. The zero-order valence-corrected chi connectivity index (χ0v) is 12.5. The second-order valence-corrected chi connectivity index (χ2v) is 5.88. The molecule has 0 aliphatic carbocycles. The first-order chi connectivity index (χ1) is 9.90. The fraction of sp³-hybridized carbons (Fsp3) is 0.533. The van der Waals surface area contributed by atoms with Crippen molar-refractivity contribution in [3.8, 4) is 5.75 Å². The summed E-state index contributed by atoms with van der Waals surface area (Å²) in [5, 5.41) is 0. The third-order valence-electron chi connectivity index (χ3n) is 3.09. The van der Waals surface area contributed by atoms with E-state index in [1.165, 1.54) is 6.20 Å². The molecule has 6 nitrogen and oxygen atoms in total. The van der Waals surface area contributed by atoms with E-state index in [2.05, 4.69) is 9.83 Å². The first kappa shape index (κ1) is 15.1. The molecule has 1 fully saturated rings. The van der Waals surface area contributed by atoms with E-state index in [0.29, 0.717) is 24.6 Å². The van der Waals surface area contributed by atoms with Crippen molar-refractivity contribution in [1.82, 2.24) is 9.88 Å². The molecule has 1 aliphatic rings. The smallest absolute Gasteiger partial charge is 0.410 e. The van der Waals surface area contributed by atoms with Crippen LogP contribution in [0.1, 0.15) is 27.2 Å². The highest BCUT2D eigenvalue weighted by atomic mass is 16.6. The molecule has 112 valence electrons. The predicted molar refractivity (Wildman–Crippen MR) is 77.3 cm³/mol. The van der Waals surface area contributed by atoms with E-state index < -0.39 is 5.60 Å². The molecule has 0 N–H and O–H groups in total. The summed E-state index contributed by atoms with van der Waals surface area (Å²) in [6.45, 7) is 13.6. The average Bonchev–Trinajstić information content (AvgIpc) is 2.35. The van der Waals surface area contributed by atoms with Gasteiger partial charge in [0.2, 0.25) is 5.69 Å². The topological polar surface area (TPSA) is 56.0 Å². The average molecular weight is 289 g/mol. The number of rotatable bonds is 3. The number of hydrogen-bond donors (Lipinski definition) is 0. The molecule has 1 aliphatic heterocycles. The van der Waals surface area contributed by atoms with E-state index in [1.54, 1.807) is 17.2 Å². The van der Waals surface area contributed by atoms with Crippen molar-refractivity contribution in [2.45, 2.75) is 38.8 Å². The molecule has 0 aromatic carbocycles. The molecule has 0 bridgehead atoms. The van der Waals surface area contributed by atoms with E-state index >= 15 is 0 Å². The van der Waals surface area contributed by atoms with Crippen LogP contribution in [0, 0.1) is 6.57 Å². The molecule has 1 atom stereocenters. The maximum Gasteiger partial charge on any atom is 0.410 e. The molecule has 1 aromatic rings. The SMILES string of the molecule is [C-]#[N+]c1ccncc1OC[C@H]1CCN1C(=O)OC(C)(C)C. The molecule has 2 heterocycles. The summed E-state index contributed by atoms with van der Waals surface area (Å²) in [4.78, 5) is 20.9.